The van der Waals surface area contributed by atoms with E-state index in [2.05, 4.69) is 120 Å². The van der Waals surface area contributed by atoms with E-state index in [-0.39, 0.29) is 16.2 Å². The standard InChI is InChI=1S/C14H19N3.C11H18N2.C9H16N2/c1-5-12-15-13(14(2,3)4)16-17(12)11-9-7-6-8-10-11;1-11(2,3)9-7-12-13(4)10(9)8-5-6-8;1-7-8(9(2,3)4)6-10-11(7)5/h6-10H,5H2,1-4H3;7-8H,5-6H2,1-4H3;6H,1-5H3. The molecule has 7 heteroatoms. The summed E-state index contributed by atoms with van der Waals surface area (Å²) in [5.74, 6) is 2.71. The zero-order valence-corrected chi connectivity index (χ0v) is 27.9. The Balaban J connectivity index is 0.000000174. The topological polar surface area (TPSA) is 66.3 Å². The highest BCUT2D eigenvalue weighted by molar-refractivity contribution is 5.32. The second-order valence-corrected chi connectivity index (χ2v) is 14.3. The van der Waals surface area contributed by atoms with Gasteiger partial charge in [0.15, 0.2) is 5.82 Å². The molecule has 41 heavy (non-hydrogen) atoms. The van der Waals surface area contributed by atoms with Crippen LogP contribution in [0.15, 0.2) is 42.7 Å². The van der Waals surface area contributed by atoms with Crippen LogP contribution < -0.4 is 0 Å². The number of para-hydroxylation sites is 1. The van der Waals surface area contributed by atoms with E-state index >= 15 is 0 Å². The van der Waals surface area contributed by atoms with Crippen molar-refractivity contribution in [3.63, 3.8) is 0 Å². The summed E-state index contributed by atoms with van der Waals surface area (Å²) in [6.45, 7) is 24.0. The zero-order valence-electron chi connectivity index (χ0n) is 27.9. The monoisotopic (exact) mass is 559 g/mol. The van der Waals surface area contributed by atoms with Crippen LogP contribution in [0.25, 0.3) is 5.69 Å². The van der Waals surface area contributed by atoms with E-state index in [0.717, 1.165) is 29.7 Å². The van der Waals surface area contributed by atoms with Gasteiger partial charge in [-0.25, -0.2) is 9.67 Å². The molecule has 0 aliphatic heterocycles. The molecule has 4 aromatic rings. The van der Waals surface area contributed by atoms with Gasteiger partial charge in [0.2, 0.25) is 0 Å². The lowest BCUT2D eigenvalue weighted by Crippen LogP contribution is -2.14. The van der Waals surface area contributed by atoms with E-state index in [1.165, 1.54) is 35.4 Å². The molecular formula is C34H53N7. The average molecular weight is 560 g/mol. The van der Waals surface area contributed by atoms with Gasteiger partial charge in [-0.3, -0.25) is 9.36 Å². The first-order valence-electron chi connectivity index (χ1n) is 15.0. The SMILES string of the molecule is CCc1nc(C(C)(C)C)nn1-c1ccccc1.Cc1c(C(C)(C)C)cnn1C.Cn1ncc(C(C)(C)C)c1C1CC1. The molecule has 0 unspecified atom stereocenters. The van der Waals surface area contributed by atoms with E-state index in [9.17, 15) is 0 Å². The summed E-state index contributed by atoms with van der Waals surface area (Å²) in [6.07, 6.45) is 7.58. The highest BCUT2D eigenvalue weighted by atomic mass is 15.4. The Morgan fingerprint density at radius 3 is 1.71 bits per heavy atom. The van der Waals surface area contributed by atoms with Crippen LogP contribution in [0.1, 0.15) is 122 Å². The van der Waals surface area contributed by atoms with Gasteiger partial charge in [0.05, 0.1) is 18.1 Å². The van der Waals surface area contributed by atoms with E-state index in [4.69, 9.17) is 0 Å². The predicted molar refractivity (Wildman–Crippen MR) is 170 cm³/mol. The van der Waals surface area contributed by atoms with Crippen molar-refractivity contribution in [2.24, 2.45) is 14.1 Å². The minimum Gasteiger partial charge on any atom is -0.273 e. The van der Waals surface area contributed by atoms with Gasteiger partial charge in [-0.15, -0.1) is 0 Å². The third kappa shape index (κ3) is 8.17. The first-order valence-corrected chi connectivity index (χ1v) is 15.0. The molecule has 0 saturated heterocycles. The Hall–Kier alpha value is -3.22. The normalized spacial score (nSPS) is 13.8. The summed E-state index contributed by atoms with van der Waals surface area (Å²) in [7, 11) is 4.04. The fraction of sp³-hybridized carbons (Fsp3) is 0.588. The molecule has 1 aliphatic rings. The molecule has 0 N–H and O–H groups in total. The first kappa shape index (κ1) is 32.3. The van der Waals surface area contributed by atoms with Crippen LogP contribution in [0.5, 0.6) is 0 Å². The molecule has 5 rings (SSSR count). The van der Waals surface area contributed by atoms with Crippen LogP contribution in [0.3, 0.4) is 0 Å². The fourth-order valence-electron chi connectivity index (χ4n) is 4.77. The van der Waals surface area contributed by atoms with Crippen molar-refractivity contribution in [2.45, 2.75) is 118 Å². The summed E-state index contributed by atoms with van der Waals surface area (Å²) in [6, 6.07) is 10.2. The van der Waals surface area contributed by atoms with Crippen LogP contribution in [0.2, 0.25) is 0 Å². The van der Waals surface area contributed by atoms with Crippen LogP contribution in [-0.4, -0.2) is 34.3 Å². The average Bonchev–Trinajstić information content (AvgIpc) is 3.31. The van der Waals surface area contributed by atoms with E-state index < -0.39 is 0 Å². The summed E-state index contributed by atoms with van der Waals surface area (Å²) in [4.78, 5) is 4.63. The van der Waals surface area contributed by atoms with Gasteiger partial charge >= 0.3 is 0 Å². The molecule has 0 radical (unpaired) electrons. The van der Waals surface area contributed by atoms with Gasteiger partial charge in [0, 0.05) is 43.2 Å². The number of benzene rings is 1. The van der Waals surface area contributed by atoms with Gasteiger partial charge in [-0.05, 0) is 53.9 Å². The molecule has 0 spiro atoms. The van der Waals surface area contributed by atoms with Crippen molar-refractivity contribution in [3.8, 4) is 5.69 Å². The molecule has 1 saturated carbocycles. The fourth-order valence-corrected chi connectivity index (χ4v) is 4.77. The van der Waals surface area contributed by atoms with E-state index in [1.54, 1.807) is 0 Å². The van der Waals surface area contributed by atoms with Crippen molar-refractivity contribution in [1.29, 1.82) is 0 Å². The van der Waals surface area contributed by atoms with Crippen LogP contribution >= 0.6 is 0 Å². The van der Waals surface area contributed by atoms with Crippen molar-refractivity contribution in [2.75, 3.05) is 0 Å². The smallest absolute Gasteiger partial charge is 0.156 e. The lowest BCUT2D eigenvalue weighted by molar-refractivity contribution is 0.543. The summed E-state index contributed by atoms with van der Waals surface area (Å²) < 4.78 is 5.92. The van der Waals surface area contributed by atoms with Crippen molar-refractivity contribution >= 4 is 0 Å². The Bertz CT molecular complexity index is 1400. The number of hydrogen-bond donors (Lipinski definition) is 0. The van der Waals surface area contributed by atoms with Gasteiger partial charge < -0.3 is 0 Å². The Morgan fingerprint density at radius 2 is 1.29 bits per heavy atom. The minimum atomic E-state index is -0.00997. The predicted octanol–water partition coefficient (Wildman–Crippen LogP) is 7.75. The highest BCUT2D eigenvalue weighted by Gasteiger charge is 2.32. The summed E-state index contributed by atoms with van der Waals surface area (Å²) >= 11 is 0. The zero-order chi connectivity index (χ0) is 30.8. The van der Waals surface area contributed by atoms with Gasteiger partial charge in [0.25, 0.3) is 0 Å². The molecule has 1 aromatic carbocycles. The lowest BCUT2D eigenvalue weighted by atomic mass is 9.86. The largest absolute Gasteiger partial charge is 0.273 e. The number of nitrogens with zero attached hydrogens (tertiary/aromatic N) is 7. The molecule has 0 bridgehead atoms. The van der Waals surface area contributed by atoms with Crippen molar-refractivity contribution < 1.29 is 0 Å². The molecular weight excluding hydrogens is 506 g/mol. The highest BCUT2D eigenvalue weighted by Crippen LogP contribution is 2.44. The van der Waals surface area contributed by atoms with Crippen LogP contribution in [0, 0.1) is 6.92 Å². The maximum Gasteiger partial charge on any atom is 0.156 e. The molecule has 1 fully saturated rings. The molecule has 1 aliphatic carbocycles. The molecule has 7 nitrogen and oxygen atoms in total. The Labute approximate surface area is 248 Å². The molecule has 3 heterocycles. The van der Waals surface area contributed by atoms with Crippen LogP contribution in [0.4, 0.5) is 0 Å². The quantitative estimate of drug-likeness (QED) is 0.257. The van der Waals surface area contributed by atoms with E-state index in [1.807, 2.05) is 47.0 Å². The van der Waals surface area contributed by atoms with Crippen molar-refractivity contribution in [1.82, 2.24) is 34.3 Å². The summed E-state index contributed by atoms with van der Waals surface area (Å²) in [5, 5.41) is 13.2. The number of aryl methyl sites for hydroxylation is 3. The molecule has 0 atom stereocenters. The second-order valence-electron chi connectivity index (χ2n) is 14.3. The van der Waals surface area contributed by atoms with Crippen LogP contribution in [-0.2, 0) is 36.8 Å². The lowest BCUT2D eigenvalue weighted by Gasteiger charge is -2.19. The Morgan fingerprint density at radius 1 is 0.756 bits per heavy atom. The number of hydrogen-bond acceptors (Lipinski definition) is 4. The number of aromatic nitrogens is 7. The van der Waals surface area contributed by atoms with Gasteiger partial charge in [-0.1, -0.05) is 87.4 Å². The first-order chi connectivity index (χ1) is 18.9. The summed E-state index contributed by atoms with van der Waals surface area (Å²) in [5.41, 5.74) is 7.02. The van der Waals surface area contributed by atoms with E-state index in [0.29, 0.717) is 0 Å². The third-order valence-corrected chi connectivity index (χ3v) is 7.46. The minimum absolute atomic E-state index is 0.00997. The molecule has 3 aromatic heterocycles. The van der Waals surface area contributed by atoms with Gasteiger partial charge in [0.1, 0.15) is 5.82 Å². The molecule has 0 amide bonds. The maximum absolute atomic E-state index is 4.63. The second kappa shape index (κ2) is 12.3. The van der Waals surface area contributed by atoms with Crippen molar-refractivity contribution in [3.05, 3.63) is 76.9 Å². The number of rotatable bonds is 3. The Kier molecular flexibility index (Phi) is 9.72. The third-order valence-electron chi connectivity index (χ3n) is 7.46. The maximum atomic E-state index is 4.63. The van der Waals surface area contributed by atoms with Gasteiger partial charge in [-0.2, -0.15) is 15.3 Å². The molecule has 224 valence electrons.